The number of nitrogens with zero attached hydrogens (tertiary/aromatic N) is 6. The monoisotopic (exact) mass is 380 g/mol. The Bertz CT molecular complexity index is 817. The highest BCUT2D eigenvalue weighted by Crippen LogP contribution is 2.35. The molecule has 27 heavy (non-hydrogen) atoms. The van der Waals surface area contributed by atoms with Crippen LogP contribution in [-0.4, -0.2) is 52.7 Å². The number of halogens is 3. The fourth-order valence-corrected chi connectivity index (χ4v) is 3.81. The maximum absolute atomic E-state index is 13.0. The average molecular weight is 380 g/mol. The SMILES string of the molecule is COc1ccnc(N2CCC3CCN(c4nccc(C(F)(F)F)n4)CC32)n1. The van der Waals surface area contributed by atoms with Gasteiger partial charge >= 0.3 is 6.18 Å². The number of piperidine rings is 1. The Hall–Kier alpha value is -2.65. The number of anilines is 2. The van der Waals surface area contributed by atoms with Crippen LogP contribution < -0.4 is 14.5 Å². The first-order valence-electron chi connectivity index (χ1n) is 8.74. The minimum atomic E-state index is -4.48. The van der Waals surface area contributed by atoms with E-state index in [1.54, 1.807) is 19.4 Å². The van der Waals surface area contributed by atoms with Gasteiger partial charge in [-0.25, -0.2) is 15.0 Å². The molecule has 144 valence electrons. The molecule has 2 saturated heterocycles. The quantitative estimate of drug-likeness (QED) is 0.810. The Labute approximate surface area is 154 Å². The molecule has 0 spiro atoms. The summed E-state index contributed by atoms with van der Waals surface area (Å²) < 4.78 is 44.0. The molecule has 2 aliphatic rings. The molecule has 4 heterocycles. The summed E-state index contributed by atoms with van der Waals surface area (Å²) in [7, 11) is 1.55. The third kappa shape index (κ3) is 3.47. The first-order valence-corrected chi connectivity index (χ1v) is 8.74. The summed E-state index contributed by atoms with van der Waals surface area (Å²) in [5.74, 6) is 1.62. The Morgan fingerprint density at radius 3 is 2.56 bits per heavy atom. The molecule has 2 unspecified atom stereocenters. The largest absolute Gasteiger partial charge is 0.481 e. The Kier molecular flexibility index (Phi) is 4.48. The zero-order valence-electron chi connectivity index (χ0n) is 14.7. The molecule has 2 aromatic rings. The van der Waals surface area contributed by atoms with Crippen LogP contribution in [0.3, 0.4) is 0 Å². The number of hydrogen-bond acceptors (Lipinski definition) is 7. The first kappa shape index (κ1) is 17.7. The predicted octanol–water partition coefficient (Wildman–Crippen LogP) is 2.40. The highest BCUT2D eigenvalue weighted by molar-refractivity contribution is 5.40. The zero-order chi connectivity index (χ0) is 19.0. The second kappa shape index (κ2) is 6.82. The van der Waals surface area contributed by atoms with Crippen molar-refractivity contribution in [2.45, 2.75) is 25.1 Å². The van der Waals surface area contributed by atoms with Gasteiger partial charge in [0.05, 0.1) is 13.2 Å². The molecule has 0 radical (unpaired) electrons. The van der Waals surface area contributed by atoms with Crippen molar-refractivity contribution in [3.63, 3.8) is 0 Å². The third-order valence-electron chi connectivity index (χ3n) is 5.16. The lowest BCUT2D eigenvalue weighted by Gasteiger charge is -2.38. The van der Waals surface area contributed by atoms with E-state index in [4.69, 9.17) is 4.74 Å². The van der Waals surface area contributed by atoms with Crippen molar-refractivity contribution >= 4 is 11.9 Å². The van der Waals surface area contributed by atoms with Crippen molar-refractivity contribution in [1.29, 1.82) is 0 Å². The van der Waals surface area contributed by atoms with E-state index in [1.807, 2.05) is 4.90 Å². The van der Waals surface area contributed by atoms with Crippen LogP contribution in [0.5, 0.6) is 5.88 Å². The summed E-state index contributed by atoms with van der Waals surface area (Å²) in [5.41, 5.74) is -0.922. The molecule has 0 bridgehead atoms. The zero-order valence-corrected chi connectivity index (χ0v) is 14.7. The number of fused-ring (bicyclic) bond motifs is 1. The molecule has 2 aliphatic heterocycles. The van der Waals surface area contributed by atoms with Gasteiger partial charge in [0.25, 0.3) is 0 Å². The van der Waals surface area contributed by atoms with Crippen molar-refractivity contribution in [3.8, 4) is 5.88 Å². The van der Waals surface area contributed by atoms with Crippen LogP contribution in [0.2, 0.25) is 0 Å². The summed E-state index contributed by atoms with van der Waals surface area (Å²) in [5, 5.41) is 0. The Balaban J connectivity index is 1.56. The topological polar surface area (TPSA) is 67.3 Å². The molecular formula is C17H19F3N6O. The van der Waals surface area contributed by atoms with Crippen molar-refractivity contribution in [3.05, 3.63) is 30.2 Å². The first-order chi connectivity index (χ1) is 13.0. The second-order valence-corrected chi connectivity index (χ2v) is 6.68. The van der Waals surface area contributed by atoms with Crippen molar-refractivity contribution < 1.29 is 17.9 Å². The van der Waals surface area contributed by atoms with Crippen LogP contribution in [-0.2, 0) is 6.18 Å². The van der Waals surface area contributed by atoms with E-state index in [0.29, 0.717) is 30.8 Å². The predicted molar refractivity (Wildman–Crippen MR) is 91.7 cm³/mol. The normalized spacial score (nSPS) is 22.7. The van der Waals surface area contributed by atoms with Gasteiger partial charge in [-0.1, -0.05) is 0 Å². The van der Waals surface area contributed by atoms with Crippen molar-refractivity contribution in [2.75, 3.05) is 36.5 Å². The molecule has 7 nitrogen and oxygen atoms in total. The van der Waals surface area contributed by atoms with Crippen molar-refractivity contribution in [2.24, 2.45) is 5.92 Å². The summed E-state index contributed by atoms with van der Waals surface area (Å²) in [6, 6.07) is 2.67. The minimum Gasteiger partial charge on any atom is -0.481 e. The molecule has 0 amide bonds. The molecule has 10 heteroatoms. The van der Waals surface area contributed by atoms with Gasteiger partial charge in [-0.3, -0.25) is 0 Å². The van der Waals surface area contributed by atoms with Gasteiger partial charge in [-0.05, 0) is 24.8 Å². The number of methoxy groups -OCH3 is 1. The minimum absolute atomic E-state index is 0.101. The lowest BCUT2D eigenvalue weighted by Crippen LogP contribution is -2.49. The lowest BCUT2D eigenvalue weighted by atomic mass is 9.92. The maximum Gasteiger partial charge on any atom is 0.433 e. The van der Waals surface area contributed by atoms with Crippen LogP contribution in [0, 0.1) is 5.92 Å². The summed E-state index contributed by atoms with van der Waals surface area (Å²) in [6.45, 7) is 1.97. The van der Waals surface area contributed by atoms with Gasteiger partial charge in [0, 0.05) is 38.1 Å². The fourth-order valence-electron chi connectivity index (χ4n) is 3.81. The highest BCUT2D eigenvalue weighted by Gasteiger charge is 2.41. The molecule has 4 rings (SSSR count). The number of hydrogen-bond donors (Lipinski definition) is 0. The molecule has 2 fully saturated rings. The van der Waals surface area contributed by atoms with Crippen LogP contribution in [0.4, 0.5) is 25.1 Å². The van der Waals surface area contributed by atoms with E-state index >= 15 is 0 Å². The van der Waals surface area contributed by atoms with Gasteiger partial charge < -0.3 is 14.5 Å². The molecule has 2 aromatic heterocycles. The summed E-state index contributed by atoms with van der Waals surface area (Å²) >= 11 is 0. The van der Waals surface area contributed by atoms with E-state index < -0.39 is 11.9 Å². The van der Waals surface area contributed by atoms with Crippen LogP contribution in [0.1, 0.15) is 18.5 Å². The molecule has 0 N–H and O–H groups in total. The summed E-state index contributed by atoms with van der Waals surface area (Å²) in [6.07, 6.45) is 0.191. The molecule has 0 aromatic carbocycles. The highest BCUT2D eigenvalue weighted by atomic mass is 19.4. The van der Waals surface area contributed by atoms with Gasteiger partial charge in [-0.2, -0.15) is 18.2 Å². The second-order valence-electron chi connectivity index (χ2n) is 6.68. The standard InChI is InChI=1S/C17H19F3N6O/c1-27-14-3-7-22-16(24-14)26-9-5-11-4-8-25(10-12(11)26)15-21-6-2-13(23-15)17(18,19)20/h2-3,6-7,11-12H,4-5,8-10H2,1H3. The van der Waals surface area contributed by atoms with Gasteiger partial charge in [0.2, 0.25) is 17.8 Å². The van der Waals surface area contributed by atoms with E-state index in [-0.39, 0.29) is 12.0 Å². The number of rotatable bonds is 3. The third-order valence-corrected chi connectivity index (χ3v) is 5.16. The van der Waals surface area contributed by atoms with Crippen LogP contribution in [0.25, 0.3) is 0 Å². The lowest BCUT2D eigenvalue weighted by molar-refractivity contribution is -0.141. The summed E-state index contributed by atoms with van der Waals surface area (Å²) in [4.78, 5) is 20.4. The van der Waals surface area contributed by atoms with Gasteiger partial charge in [0.1, 0.15) is 5.69 Å². The van der Waals surface area contributed by atoms with E-state index in [0.717, 1.165) is 31.6 Å². The Morgan fingerprint density at radius 1 is 1.04 bits per heavy atom. The Morgan fingerprint density at radius 2 is 1.78 bits per heavy atom. The van der Waals surface area contributed by atoms with E-state index in [9.17, 15) is 13.2 Å². The number of aromatic nitrogens is 4. The molecule has 0 saturated carbocycles. The van der Waals surface area contributed by atoms with Crippen LogP contribution >= 0.6 is 0 Å². The van der Waals surface area contributed by atoms with Gasteiger partial charge in [-0.15, -0.1) is 0 Å². The number of ether oxygens (including phenoxy) is 1. The molecular weight excluding hydrogens is 361 g/mol. The molecule has 2 atom stereocenters. The fraction of sp³-hybridized carbons (Fsp3) is 0.529. The average Bonchev–Trinajstić information content (AvgIpc) is 3.10. The van der Waals surface area contributed by atoms with Gasteiger partial charge in [0.15, 0.2) is 0 Å². The van der Waals surface area contributed by atoms with E-state index in [1.165, 1.54) is 0 Å². The maximum atomic E-state index is 13.0. The molecule has 0 aliphatic carbocycles. The van der Waals surface area contributed by atoms with Crippen molar-refractivity contribution in [1.82, 2.24) is 19.9 Å². The van der Waals surface area contributed by atoms with E-state index in [2.05, 4.69) is 24.8 Å². The smallest absolute Gasteiger partial charge is 0.433 e. The van der Waals surface area contributed by atoms with Crippen LogP contribution in [0.15, 0.2) is 24.5 Å². The number of alkyl halides is 3.